The minimum Gasteiger partial charge on any atom is -0.468 e. The summed E-state index contributed by atoms with van der Waals surface area (Å²) < 4.78 is 5.40. The van der Waals surface area contributed by atoms with Crippen molar-refractivity contribution >= 4 is 0 Å². The molecule has 0 bridgehead atoms. The smallest absolute Gasteiger partial charge is 0.117 e. The number of furan rings is 1. The number of nitrogens with two attached hydrogens (primary N) is 1. The molecule has 0 unspecified atom stereocenters. The molecular formula is C13H22N2O. The van der Waals surface area contributed by atoms with Gasteiger partial charge in [-0.1, -0.05) is 19.3 Å². The summed E-state index contributed by atoms with van der Waals surface area (Å²) in [7, 11) is 2.17. The maximum Gasteiger partial charge on any atom is 0.117 e. The third kappa shape index (κ3) is 2.30. The van der Waals surface area contributed by atoms with E-state index in [0.29, 0.717) is 0 Å². The number of nitrogens with zero attached hydrogens (tertiary/aromatic N) is 1. The monoisotopic (exact) mass is 222 g/mol. The summed E-state index contributed by atoms with van der Waals surface area (Å²) in [6.45, 7) is 1.62. The highest BCUT2D eigenvalue weighted by atomic mass is 16.3. The Hall–Kier alpha value is -0.800. The van der Waals surface area contributed by atoms with Crippen LogP contribution in [0.25, 0.3) is 0 Å². The van der Waals surface area contributed by atoms with E-state index < -0.39 is 0 Å². The van der Waals surface area contributed by atoms with Crippen LogP contribution in [-0.2, 0) is 6.54 Å². The van der Waals surface area contributed by atoms with Gasteiger partial charge >= 0.3 is 0 Å². The molecule has 2 rings (SSSR count). The molecule has 2 N–H and O–H groups in total. The van der Waals surface area contributed by atoms with Crippen molar-refractivity contribution in [1.82, 2.24) is 4.90 Å². The largest absolute Gasteiger partial charge is 0.468 e. The molecule has 1 aliphatic rings. The summed E-state index contributed by atoms with van der Waals surface area (Å²) in [4.78, 5) is 2.38. The van der Waals surface area contributed by atoms with E-state index in [1.807, 2.05) is 12.1 Å². The number of hydrogen-bond donors (Lipinski definition) is 1. The summed E-state index contributed by atoms with van der Waals surface area (Å²) in [6.07, 6.45) is 8.15. The quantitative estimate of drug-likeness (QED) is 0.850. The maximum absolute atomic E-state index is 6.00. The molecule has 16 heavy (non-hydrogen) atoms. The highest BCUT2D eigenvalue weighted by Crippen LogP contribution is 2.32. The lowest BCUT2D eigenvalue weighted by molar-refractivity contribution is 0.0697. The van der Waals surface area contributed by atoms with Crippen molar-refractivity contribution in [3.05, 3.63) is 24.2 Å². The molecule has 0 amide bonds. The van der Waals surface area contributed by atoms with E-state index in [1.54, 1.807) is 6.26 Å². The first-order valence-corrected chi connectivity index (χ1v) is 6.20. The number of rotatable bonds is 4. The molecule has 3 nitrogen and oxygen atoms in total. The van der Waals surface area contributed by atoms with Crippen molar-refractivity contribution in [2.45, 2.75) is 44.2 Å². The predicted molar refractivity (Wildman–Crippen MR) is 65.0 cm³/mol. The molecular weight excluding hydrogens is 200 g/mol. The van der Waals surface area contributed by atoms with Gasteiger partial charge in [0.05, 0.1) is 12.8 Å². The summed E-state index contributed by atoms with van der Waals surface area (Å²) >= 11 is 0. The SMILES string of the molecule is CN(Cc1ccco1)C1(CN)CCCCC1. The molecule has 1 aromatic rings. The normalized spacial score (nSPS) is 20.2. The van der Waals surface area contributed by atoms with Crippen LogP contribution in [0.2, 0.25) is 0 Å². The lowest BCUT2D eigenvalue weighted by Crippen LogP contribution is -2.52. The number of hydrogen-bond acceptors (Lipinski definition) is 3. The van der Waals surface area contributed by atoms with Gasteiger partial charge in [-0.05, 0) is 32.0 Å². The molecule has 90 valence electrons. The van der Waals surface area contributed by atoms with Crippen molar-refractivity contribution in [2.75, 3.05) is 13.6 Å². The Kier molecular flexibility index (Phi) is 3.66. The molecule has 0 atom stereocenters. The molecule has 0 saturated heterocycles. The van der Waals surface area contributed by atoms with Crippen LogP contribution in [0.3, 0.4) is 0 Å². The minimum absolute atomic E-state index is 0.199. The zero-order chi connectivity index (χ0) is 11.4. The molecule has 1 heterocycles. The second kappa shape index (κ2) is 5.02. The van der Waals surface area contributed by atoms with Gasteiger partial charge in [0, 0.05) is 12.1 Å². The van der Waals surface area contributed by atoms with Gasteiger partial charge < -0.3 is 10.2 Å². The fourth-order valence-electron chi connectivity index (χ4n) is 2.76. The fourth-order valence-corrected chi connectivity index (χ4v) is 2.76. The van der Waals surface area contributed by atoms with Gasteiger partial charge in [0.25, 0.3) is 0 Å². The Labute approximate surface area is 97.6 Å². The Bertz CT molecular complexity index is 302. The van der Waals surface area contributed by atoms with Crippen LogP contribution < -0.4 is 5.73 Å². The van der Waals surface area contributed by atoms with Crippen LogP contribution in [0.15, 0.2) is 22.8 Å². The zero-order valence-corrected chi connectivity index (χ0v) is 10.1. The van der Waals surface area contributed by atoms with Gasteiger partial charge in [-0.2, -0.15) is 0 Å². The third-order valence-corrected chi connectivity index (χ3v) is 3.95. The lowest BCUT2D eigenvalue weighted by atomic mass is 9.80. The zero-order valence-electron chi connectivity index (χ0n) is 10.1. The van der Waals surface area contributed by atoms with Crippen molar-refractivity contribution in [3.8, 4) is 0 Å². The lowest BCUT2D eigenvalue weighted by Gasteiger charge is -2.43. The van der Waals surface area contributed by atoms with E-state index >= 15 is 0 Å². The van der Waals surface area contributed by atoms with E-state index in [-0.39, 0.29) is 5.54 Å². The highest BCUT2D eigenvalue weighted by Gasteiger charge is 2.34. The molecule has 1 fully saturated rings. The van der Waals surface area contributed by atoms with Gasteiger partial charge in [0.2, 0.25) is 0 Å². The Morgan fingerprint density at radius 1 is 1.38 bits per heavy atom. The summed E-state index contributed by atoms with van der Waals surface area (Å²) in [5.41, 5.74) is 6.20. The van der Waals surface area contributed by atoms with Crippen LogP contribution in [0.1, 0.15) is 37.9 Å². The van der Waals surface area contributed by atoms with Gasteiger partial charge in [0.1, 0.15) is 5.76 Å². The topological polar surface area (TPSA) is 42.4 Å². The van der Waals surface area contributed by atoms with E-state index in [4.69, 9.17) is 10.2 Å². The van der Waals surface area contributed by atoms with Crippen LogP contribution in [0.4, 0.5) is 0 Å². The van der Waals surface area contributed by atoms with Crippen LogP contribution in [0.5, 0.6) is 0 Å². The number of likely N-dealkylation sites (N-methyl/N-ethyl adjacent to an activating group) is 1. The second-order valence-corrected chi connectivity index (χ2v) is 4.92. The van der Waals surface area contributed by atoms with E-state index in [9.17, 15) is 0 Å². The van der Waals surface area contributed by atoms with Crippen LogP contribution in [-0.4, -0.2) is 24.0 Å². The first kappa shape index (κ1) is 11.7. The third-order valence-electron chi connectivity index (χ3n) is 3.95. The fraction of sp³-hybridized carbons (Fsp3) is 0.692. The molecule has 0 spiro atoms. The first-order valence-electron chi connectivity index (χ1n) is 6.20. The molecule has 1 aromatic heterocycles. The highest BCUT2D eigenvalue weighted by molar-refractivity contribution is 5.01. The van der Waals surface area contributed by atoms with Gasteiger partial charge in [0.15, 0.2) is 0 Å². The van der Waals surface area contributed by atoms with Gasteiger partial charge in [-0.3, -0.25) is 4.90 Å². The van der Waals surface area contributed by atoms with Crippen molar-refractivity contribution < 1.29 is 4.42 Å². The average Bonchev–Trinajstić information content (AvgIpc) is 2.82. The Morgan fingerprint density at radius 2 is 2.12 bits per heavy atom. The maximum atomic E-state index is 6.00. The molecule has 0 radical (unpaired) electrons. The predicted octanol–water partition coefficient (Wildman–Crippen LogP) is 2.37. The molecule has 0 aromatic carbocycles. The van der Waals surface area contributed by atoms with E-state index in [2.05, 4.69) is 11.9 Å². The summed E-state index contributed by atoms with van der Waals surface area (Å²) in [5.74, 6) is 1.03. The molecule has 1 aliphatic carbocycles. The van der Waals surface area contributed by atoms with Gasteiger partial charge in [-0.25, -0.2) is 0 Å². The summed E-state index contributed by atoms with van der Waals surface area (Å²) in [5, 5.41) is 0. The van der Waals surface area contributed by atoms with Crippen molar-refractivity contribution in [3.63, 3.8) is 0 Å². The Morgan fingerprint density at radius 3 is 2.69 bits per heavy atom. The Balaban J connectivity index is 2.02. The second-order valence-electron chi connectivity index (χ2n) is 4.92. The first-order chi connectivity index (χ1) is 7.77. The molecule has 1 saturated carbocycles. The van der Waals surface area contributed by atoms with Crippen molar-refractivity contribution in [1.29, 1.82) is 0 Å². The van der Waals surface area contributed by atoms with Crippen molar-refractivity contribution in [2.24, 2.45) is 5.73 Å². The van der Waals surface area contributed by atoms with Crippen LogP contribution >= 0.6 is 0 Å². The molecule has 3 heteroatoms. The van der Waals surface area contributed by atoms with Crippen LogP contribution in [0, 0.1) is 0 Å². The standard InChI is InChI=1S/C13H22N2O/c1-15(10-12-6-5-9-16-12)13(11-14)7-3-2-4-8-13/h5-6,9H,2-4,7-8,10-11,14H2,1H3. The summed E-state index contributed by atoms with van der Waals surface area (Å²) in [6, 6.07) is 3.97. The van der Waals surface area contributed by atoms with Gasteiger partial charge in [-0.15, -0.1) is 0 Å². The average molecular weight is 222 g/mol. The minimum atomic E-state index is 0.199. The van der Waals surface area contributed by atoms with E-state index in [0.717, 1.165) is 18.8 Å². The van der Waals surface area contributed by atoms with E-state index in [1.165, 1.54) is 32.1 Å². The molecule has 0 aliphatic heterocycles.